The van der Waals surface area contributed by atoms with Crippen molar-refractivity contribution in [3.63, 3.8) is 0 Å². The van der Waals surface area contributed by atoms with E-state index in [1.54, 1.807) is 18.5 Å². The van der Waals surface area contributed by atoms with Crippen LogP contribution in [0.2, 0.25) is 0 Å². The first-order valence-electron chi connectivity index (χ1n) is 6.90. The molecular formula is C15H11BrN6O. The van der Waals surface area contributed by atoms with Gasteiger partial charge in [0.15, 0.2) is 0 Å². The molecule has 114 valence electrons. The predicted octanol–water partition coefficient (Wildman–Crippen LogP) is 2.30. The normalized spacial score (nSPS) is 11.2. The molecule has 0 aliphatic heterocycles. The molecule has 2 N–H and O–H groups in total. The second-order valence-electron chi connectivity index (χ2n) is 5.02. The molecule has 4 aromatic heterocycles. The number of pyridine rings is 2. The summed E-state index contributed by atoms with van der Waals surface area (Å²) in [6, 6.07) is 5.61. The third-order valence-electron chi connectivity index (χ3n) is 3.48. The Kier molecular flexibility index (Phi) is 3.30. The van der Waals surface area contributed by atoms with E-state index in [4.69, 9.17) is 0 Å². The largest absolute Gasteiger partial charge is 0.345 e. The van der Waals surface area contributed by atoms with Crippen molar-refractivity contribution in [2.75, 3.05) is 0 Å². The van der Waals surface area contributed by atoms with Gasteiger partial charge >= 0.3 is 0 Å². The Labute approximate surface area is 138 Å². The second-order valence-corrected chi connectivity index (χ2v) is 5.93. The highest BCUT2D eigenvalue weighted by atomic mass is 79.9. The summed E-state index contributed by atoms with van der Waals surface area (Å²) in [4.78, 5) is 20.9. The van der Waals surface area contributed by atoms with E-state index in [9.17, 15) is 4.79 Å². The van der Waals surface area contributed by atoms with Crippen molar-refractivity contribution >= 4 is 38.4 Å². The molecule has 1 amide bonds. The van der Waals surface area contributed by atoms with Crippen LogP contribution < -0.4 is 5.32 Å². The fraction of sp³-hybridized carbons (Fsp3) is 0.0667. The Morgan fingerprint density at radius 2 is 2.22 bits per heavy atom. The van der Waals surface area contributed by atoms with E-state index in [0.717, 1.165) is 21.3 Å². The third-order valence-corrected chi connectivity index (χ3v) is 3.95. The first-order chi connectivity index (χ1) is 11.2. The van der Waals surface area contributed by atoms with Gasteiger partial charge in [-0.05, 0) is 34.1 Å². The number of carbonyl (C=O) groups excluding carboxylic acids is 1. The highest BCUT2D eigenvalue weighted by Gasteiger charge is 2.13. The Balaban J connectivity index is 1.55. The van der Waals surface area contributed by atoms with Crippen molar-refractivity contribution in [3.05, 3.63) is 58.8 Å². The van der Waals surface area contributed by atoms with Crippen LogP contribution in [0.4, 0.5) is 0 Å². The molecule has 0 atom stereocenters. The predicted molar refractivity (Wildman–Crippen MR) is 88.0 cm³/mol. The molecule has 0 bridgehead atoms. The lowest BCUT2D eigenvalue weighted by Crippen LogP contribution is -2.24. The van der Waals surface area contributed by atoms with E-state index in [0.29, 0.717) is 17.6 Å². The third kappa shape index (κ3) is 2.57. The second kappa shape index (κ2) is 5.47. The van der Waals surface area contributed by atoms with Gasteiger partial charge < -0.3 is 9.72 Å². The average Bonchev–Trinajstić information content (AvgIpc) is 3.17. The molecule has 0 unspecified atom stereocenters. The molecule has 0 saturated heterocycles. The van der Waals surface area contributed by atoms with Gasteiger partial charge in [0, 0.05) is 23.1 Å². The number of nitrogens with zero attached hydrogens (tertiary/aromatic N) is 4. The highest BCUT2D eigenvalue weighted by molar-refractivity contribution is 9.10. The van der Waals surface area contributed by atoms with Gasteiger partial charge in [-0.3, -0.25) is 14.9 Å². The van der Waals surface area contributed by atoms with E-state index in [-0.39, 0.29) is 5.91 Å². The van der Waals surface area contributed by atoms with Gasteiger partial charge in [0.25, 0.3) is 5.91 Å². The Morgan fingerprint density at radius 3 is 3.13 bits per heavy atom. The minimum atomic E-state index is -0.254. The number of fused-ring (bicyclic) bond motifs is 2. The minimum absolute atomic E-state index is 0.254. The summed E-state index contributed by atoms with van der Waals surface area (Å²) in [5.74, 6) is -0.254. The number of imidazole rings is 1. The maximum atomic E-state index is 12.3. The van der Waals surface area contributed by atoms with Crippen LogP contribution in [0.5, 0.6) is 0 Å². The number of H-pyrrole nitrogens is 1. The topological polar surface area (TPSA) is 88.0 Å². The zero-order chi connectivity index (χ0) is 15.8. The van der Waals surface area contributed by atoms with Crippen molar-refractivity contribution in [3.8, 4) is 0 Å². The molecular weight excluding hydrogens is 360 g/mol. The monoisotopic (exact) mass is 370 g/mol. The maximum Gasteiger partial charge on any atom is 0.270 e. The number of rotatable bonds is 3. The van der Waals surface area contributed by atoms with Crippen LogP contribution in [0.15, 0.2) is 47.5 Å². The molecule has 7 nitrogen and oxygen atoms in total. The fourth-order valence-electron chi connectivity index (χ4n) is 2.41. The molecule has 0 saturated carbocycles. The standard InChI is InChI=1S/C15H11BrN6O/c16-9-1-2-13-20-10(8-22(13)7-9)5-18-15(23)14-11-6-19-21-12(11)3-4-17-14/h1-4,6-8H,5H2,(H,18,23)(H,19,21). The van der Waals surface area contributed by atoms with Gasteiger partial charge in [0.2, 0.25) is 0 Å². The van der Waals surface area contributed by atoms with Crippen molar-refractivity contribution in [1.82, 2.24) is 29.9 Å². The summed E-state index contributed by atoms with van der Waals surface area (Å²) in [6.07, 6.45) is 6.98. The van der Waals surface area contributed by atoms with Gasteiger partial charge in [-0.15, -0.1) is 0 Å². The summed E-state index contributed by atoms with van der Waals surface area (Å²) in [6.45, 7) is 0.327. The van der Waals surface area contributed by atoms with E-state index < -0.39 is 0 Å². The minimum Gasteiger partial charge on any atom is -0.345 e. The number of halogens is 1. The van der Waals surface area contributed by atoms with E-state index in [1.165, 1.54) is 0 Å². The van der Waals surface area contributed by atoms with E-state index in [2.05, 4.69) is 41.4 Å². The summed E-state index contributed by atoms with van der Waals surface area (Å²) in [7, 11) is 0. The van der Waals surface area contributed by atoms with Crippen LogP contribution in [0.1, 0.15) is 16.2 Å². The fourth-order valence-corrected chi connectivity index (χ4v) is 2.76. The quantitative estimate of drug-likeness (QED) is 0.579. The van der Waals surface area contributed by atoms with Crippen molar-refractivity contribution in [1.29, 1.82) is 0 Å². The first-order valence-corrected chi connectivity index (χ1v) is 7.69. The van der Waals surface area contributed by atoms with Gasteiger partial charge in [0.1, 0.15) is 11.3 Å². The molecule has 4 heterocycles. The first kappa shape index (κ1) is 13.9. The van der Waals surface area contributed by atoms with E-state index in [1.807, 2.05) is 28.9 Å². The number of carbonyl (C=O) groups is 1. The van der Waals surface area contributed by atoms with Crippen LogP contribution in [-0.2, 0) is 6.54 Å². The number of hydrogen-bond acceptors (Lipinski definition) is 4. The molecule has 0 radical (unpaired) electrons. The summed E-state index contributed by atoms with van der Waals surface area (Å²) < 4.78 is 2.87. The van der Waals surface area contributed by atoms with Gasteiger partial charge in [0.05, 0.1) is 29.3 Å². The zero-order valence-corrected chi connectivity index (χ0v) is 13.4. The molecule has 23 heavy (non-hydrogen) atoms. The van der Waals surface area contributed by atoms with Crippen molar-refractivity contribution in [2.45, 2.75) is 6.54 Å². The number of aromatic amines is 1. The average molecular weight is 371 g/mol. The molecule has 0 fully saturated rings. The van der Waals surface area contributed by atoms with Gasteiger partial charge in [-0.1, -0.05) is 0 Å². The summed E-state index contributed by atoms with van der Waals surface area (Å²) >= 11 is 3.42. The SMILES string of the molecule is O=C(NCc1cn2cc(Br)ccc2n1)c1nccc2[nH]ncc12. The van der Waals surface area contributed by atoms with Crippen LogP contribution >= 0.6 is 15.9 Å². The summed E-state index contributed by atoms with van der Waals surface area (Å²) in [5, 5.41) is 10.3. The lowest BCUT2D eigenvalue weighted by Gasteiger charge is -2.03. The molecule has 0 aliphatic carbocycles. The maximum absolute atomic E-state index is 12.3. The molecule has 4 aromatic rings. The van der Waals surface area contributed by atoms with Crippen LogP contribution in [0, 0.1) is 0 Å². The number of nitrogens with one attached hydrogen (secondary N) is 2. The molecule has 4 rings (SSSR count). The number of hydrogen-bond donors (Lipinski definition) is 2. The Morgan fingerprint density at radius 1 is 1.30 bits per heavy atom. The van der Waals surface area contributed by atoms with E-state index >= 15 is 0 Å². The highest BCUT2D eigenvalue weighted by Crippen LogP contribution is 2.14. The Hall–Kier alpha value is -2.74. The van der Waals surface area contributed by atoms with Gasteiger partial charge in [-0.25, -0.2) is 4.98 Å². The number of amides is 1. The van der Waals surface area contributed by atoms with Crippen molar-refractivity contribution < 1.29 is 4.79 Å². The van der Waals surface area contributed by atoms with Crippen LogP contribution in [-0.4, -0.2) is 30.5 Å². The zero-order valence-electron chi connectivity index (χ0n) is 11.8. The molecule has 0 aliphatic rings. The molecule has 0 aromatic carbocycles. The smallest absolute Gasteiger partial charge is 0.270 e. The van der Waals surface area contributed by atoms with Crippen LogP contribution in [0.25, 0.3) is 16.6 Å². The lowest BCUT2D eigenvalue weighted by molar-refractivity contribution is 0.0947. The number of aromatic nitrogens is 5. The lowest BCUT2D eigenvalue weighted by atomic mass is 10.2. The molecule has 8 heteroatoms. The molecule has 0 spiro atoms. The van der Waals surface area contributed by atoms with Crippen molar-refractivity contribution in [2.24, 2.45) is 0 Å². The van der Waals surface area contributed by atoms with Crippen LogP contribution in [0.3, 0.4) is 0 Å². The van der Waals surface area contributed by atoms with Gasteiger partial charge in [-0.2, -0.15) is 5.10 Å². The summed E-state index contributed by atoms with van der Waals surface area (Å²) in [5.41, 5.74) is 2.73. The Bertz CT molecular complexity index is 1020.